The van der Waals surface area contributed by atoms with Gasteiger partial charge in [0.05, 0.1) is 35.4 Å². The average Bonchev–Trinajstić information content (AvgIpc) is 2.69. The smallest absolute Gasteiger partial charge is 0.264 e. The van der Waals surface area contributed by atoms with E-state index in [-0.39, 0.29) is 35.0 Å². The van der Waals surface area contributed by atoms with Gasteiger partial charge in [0.1, 0.15) is 5.82 Å². The number of aliphatic hydroxyl groups excluding tert-OH is 1. The molecule has 0 aromatic heterocycles. The largest absolute Gasteiger partial charge is 0.387 e. The minimum Gasteiger partial charge on any atom is -0.387 e. The molecule has 2 aromatic rings. The van der Waals surface area contributed by atoms with Crippen molar-refractivity contribution in [2.24, 2.45) is 5.92 Å². The summed E-state index contributed by atoms with van der Waals surface area (Å²) in [5.41, 5.74) is 2.27. The Hall–Kier alpha value is -2.00. The SMILES string of the molecule is Cc1ccc(N(CC(C)C)S(=O)(=O)c2ccc(C(O)CNC3(C)COC3)c(F)c2)c(C)c1. The molecule has 1 aliphatic heterocycles. The third-order valence-electron chi connectivity index (χ3n) is 5.63. The van der Waals surface area contributed by atoms with Crippen molar-refractivity contribution in [2.45, 2.75) is 51.2 Å². The van der Waals surface area contributed by atoms with Crippen LogP contribution in [0, 0.1) is 25.6 Å². The first-order valence-corrected chi connectivity index (χ1v) is 12.3. The summed E-state index contributed by atoms with van der Waals surface area (Å²) in [4.78, 5) is -0.140. The van der Waals surface area contributed by atoms with Gasteiger partial charge in [0.25, 0.3) is 10.0 Å². The van der Waals surface area contributed by atoms with Crippen LogP contribution in [-0.2, 0) is 14.8 Å². The van der Waals surface area contributed by atoms with Crippen molar-refractivity contribution in [3.8, 4) is 0 Å². The van der Waals surface area contributed by atoms with Gasteiger partial charge in [-0.05, 0) is 50.5 Å². The summed E-state index contributed by atoms with van der Waals surface area (Å²) < 4.78 is 48.4. The highest BCUT2D eigenvalue weighted by molar-refractivity contribution is 7.92. The molecule has 2 aromatic carbocycles. The van der Waals surface area contributed by atoms with Crippen LogP contribution in [-0.4, -0.2) is 45.4 Å². The maximum atomic E-state index is 14.9. The number of aliphatic hydroxyl groups is 1. The van der Waals surface area contributed by atoms with Gasteiger partial charge in [0, 0.05) is 18.7 Å². The first-order chi connectivity index (χ1) is 14.9. The van der Waals surface area contributed by atoms with Crippen molar-refractivity contribution in [1.29, 1.82) is 0 Å². The normalized spacial score (nSPS) is 16.6. The van der Waals surface area contributed by atoms with E-state index in [4.69, 9.17) is 4.74 Å². The number of β-amino-alcohol motifs (C(OH)–C–C–N with tert-alkyl or cyclic N) is 1. The van der Waals surface area contributed by atoms with Gasteiger partial charge < -0.3 is 15.2 Å². The lowest BCUT2D eigenvalue weighted by molar-refractivity contribution is -0.0680. The second-order valence-corrected chi connectivity index (χ2v) is 11.2. The lowest BCUT2D eigenvalue weighted by Gasteiger charge is -2.39. The van der Waals surface area contributed by atoms with Gasteiger partial charge in [-0.1, -0.05) is 37.6 Å². The molecule has 0 radical (unpaired) electrons. The molecule has 1 saturated heterocycles. The minimum atomic E-state index is -4.00. The second kappa shape index (κ2) is 9.47. The lowest BCUT2D eigenvalue weighted by Crippen LogP contribution is -2.58. The number of sulfonamides is 1. The predicted molar refractivity (Wildman–Crippen MR) is 124 cm³/mol. The highest BCUT2D eigenvalue weighted by Gasteiger charge is 2.34. The van der Waals surface area contributed by atoms with Gasteiger partial charge in [-0.25, -0.2) is 12.8 Å². The molecule has 6 nitrogen and oxygen atoms in total. The first kappa shape index (κ1) is 24.6. The van der Waals surface area contributed by atoms with E-state index in [0.717, 1.165) is 17.2 Å². The standard InChI is InChI=1S/C24H33FN2O4S/c1-16(2)13-27(22-9-6-17(3)10-18(22)4)32(29,30)19-7-8-20(21(25)11-19)23(28)12-26-24(5)14-31-15-24/h6-11,16,23,26,28H,12-15H2,1-5H3. The first-order valence-electron chi connectivity index (χ1n) is 10.8. The summed E-state index contributed by atoms with van der Waals surface area (Å²) >= 11 is 0. The number of ether oxygens (including phenoxy) is 1. The van der Waals surface area contributed by atoms with Crippen molar-refractivity contribution in [1.82, 2.24) is 5.32 Å². The Morgan fingerprint density at radius 1 is 1.19 bits per heavy atom. The van der Waals surface area contributed by atoms with Crippen molar-refractivity contribution in [2.75, 3.05) is 30.6 Å². The number of anilines is 1. The maximum Gasteiger partial charge on any atom is 0.264 e. The van der Waals surface area contributed by atoms with E-state index in [0.29, 0.717) is 18.9 Å². The predicted octanol–water partition coefficient (Wildman–Crippen LogP) is 3.71. The quantitative estimate of drug-likeness (QED) is 0.592. The third-order valence-corrected chi connectivity index (χ3v) is 7.41. The topological polar surface area (TPSA) is 78.9 Å². The summed E-state index contributed by atoms with van der Waals surface area (Å²) in [5, 5.41) is 13.6. The van der Waals surface area contributed by atoms with Crippen molar-refractivity contribution < 1.29 is 22.7 Å². The van der Waals surface area contributed by atoms with E-state index in [1.165, 1.54) is 16.4 Å². The zero-order chi connectivity index (χ0) is 23.7. The number of hydrogen-bond acceptors (Lipinski definition) is 5. The van der Waals surface area contributed by atoms with E-state index in [1.807, 2.05) is 46.8 Å². The Kier molecular flexibility index (Phi) is 7.29. The van der Waals surface area contributed by atoms with Crippen LogP contribution in [0.3, 0.4) is 0 Å². The Balaban J connectivity index is 1.89. The van der Waals surface area contributed by atoms with Crippen LogP contribution in [0.1, 0.15) is 43.6 Å². The van der Waals surface area contributed by atoms with Gasteiger partial charge >= 0.3 is 0 Å². The van der Waals surface area contributed by atoms with E-state index < -0.39 is 21.9 Å². The Bertz CT molecular complexity index is 1070. The molecule has 2 N–H and O–H groups in total. The summed E-state index contributed by atoms with van der Waals surface area (Å²) in [7, 11) is -4.00. The summed E-state index contributed by atoms with van der Waals surface area (Å²) in [5.74, 6) is -0.681. The highest BCUT2D eigenvalue weighted by Crippen LogP contribution is 2.30. The summed E-state index contributed by atoms with van der Waals surface area (Å²) in [6.07, 6.45) is -1.10. The molecular weight excluding hydrogens is 431 g/mol. The van der Waals surface area contributed by atoms with Gasteiger partial charge in [-0.15, -0.1) is 0 Å². The molecule has 1 unspecified atom stereocenters. The Labute approximate surface area is 190 Å². The summed E-state index contributed by atoms with van der Waals surface area (Å²) in [6, 6.07) is 9.30. The average molecular weight is 465 g/mol. The van der Waals surface area contributed by atoms with Crippen LogP contribution in [0.15, 0.2) is 41.3 Å². The molecule has 1 atom stereocenters. The van der Waals surface area contributed by atoms with Crippen LogP contribution < -0.4 is 9.62 Å². The van der Waals surface area contributed by atoms with Crippen molar-refractivity contribution in [3.63, 3.8) is 0 Å². The fraction of sp³-hybridized carbons (Fsp3) is 0.500. The van der Waals surface area contributed by atoms with Crippen molar-refractivity contribution >= 4 is 15.7 Å². The number of hydrogen-bond donors (Lipinski definition) is 2. The Morgan fingerprint density at radius 3 is 2.41 bits per heavy atom. The molecule has 176 valence electrons. The molecule has 1 heterocycles. The Morgan fingerprint density at radius 2 is 1.88 bits per heavy atom. The van der Waals surface area contributed by atoms with Gasteiger partial charge in [-0.3, -0.25) is 4.31 Å². The number of nitrogens with zero attached hydrogens (tertiary/aromatic N) is 1. The molecule has 0 bridgehead atoms. The summed E-state index contributed by atoms with van der Waals surface area (Å²) in [6.45, 7) is 11.1. The monoisotopic (exact) mass is 464 g/mol. The number of nitrogens with one attached hydrogen (secondary N) is 1. The molecule has 3 rings (SSSR count). The van der Waals surface area contributed by atoms with Crippen LogP contribution in [0.4, 0.5) is 10.1 Å². The molecule has 0 spiro atoms. The van der Waals surface area contributed by atoms with E-state index >= 15 is 0 Å². The van der Waals surface area contributed by atoms with Crippen LogP contribution in [0.2, 0.25) is 0 Å². The molecule has 0 amide bonds. The molecule has 0 aliphatic carbocycles. The van der Waals surface area contributed by atoms with E-state index in [2.05, 4.69) is 5.32 Å². The molecule has 1 fully saturated rings. The van der Waals surface area contributed by atoms with Crippen molar-refractivity contribution in [3.05, 3.63) is 58.9 Å². The minimum absolute atomic E-state index is 0.0576. The zero-order valence-electron chi connectivity index (χ0n) is 19.4. The van der Waals surface area contributed by atoms with Crippen LogP contribution in [0.5, 0.6) is 0 Å². The van der Waals surface area contributed by atoms with Crippen LogP contribution >= 0.6 is 0 Å². The number of benzene rings is 2. The fourth-order valence-corrected chi connectivity index (χ4v) is 5.48. The zero-order valence-corrected chi connectivity index (χ0v) is 20.2. The molecular formula is C24H33FN2O4S. The van der Waals surface area contributed by atoms with Gasteiger partial charge in [0.2, 0.25) is 0 Å². The lowest BCUT2D eigenvalue weighted by atomic mass is 9.99. The second-order valence-electron chi connectivity index (χ2n) is 9.35. The molecule has 1 aliphatic rings. The fourth-order valence-electron chi connectivity index (χ4n) is 3.77. The van der Waals surface area contributed by atoms with E-state index in [1.54, 1.807) is 6.07 Å². The number of aryl methyl sites for hydroxylation is 2. The van der Waals surface area contributed by atoms with Crippen LogP contribution in [0.25, 0.3) is 0 Å². The maximum absolute atomic E-state index is 14.9. The number of rotatable bonds is 9. The molecule has 32 heavy (non-hydrogen) atoms. The molecule has 0 saturated carbocycles. The third kappa shape index (κ3) is 5.31. The van der Waals surface area contributed by atoms with Gasteiger partial charge in [0.15, 0.2) is 0 Å². The van der Waals surface area contributed by atoms with E-state index in [9.17, 15) is 17.9 Å². The number of halogens is 1. The molecule has 8 heteroatoms. The van der Waals surface area contributed by atoms with Gasteiger partial charge in [-0.2, -0.15) is 0 Å². The highest BCUT2D eigenvalue weighted by atomic mass is 32.2.